The minimum atomic E-state index is 0.222. The number of amides is 1. The molecule has 1 amide bonds. The third kappa shape index (κ3) is 4.23. The van der Waals surface area contributed by atoms with Gasteiger partial charge in [0.2, 0.25) is 5.91 Å². The summed E-state index contributed by atoms with van der Waals surface area (Å²) < 4.78 is 0. The zero-order valence-corrected chi connectivity index (χ0v) is 12.6. The molecule has 0 aliphatic heterocycles. The van der Waals surface area contributed by atoms with Crippen molar-refractivity contribution in [2.75, 3.05) is 12.8 Å². The van der Waals surface area contributed by atoms with Crippen molar-refractivity contribution in [1.29, 1.82) is 0 Å². The van der Waals surface area contributed by atoms with Gasteiger partial charge in [0, 0.05) is 19.3 Å². The highest BCUT2D eigenvalue weighted by Gasteiger charge is 2.21. The van der Waals surface area contributed by atoms with Crippen molar-refractivity contribution in [1.82, 2.24) is 9.88 Å². The lowest BCUT2D eigenvalue weighted by Crippen LogP contribution is -2.39. The van der Waals surface area contributed by atoms with Gasteiger partial charge in [-0.15, -0.1) is 0 Å². The number of hydrogen-bond acceptors (Lipinski definition) is 3. The summed E-state index contributed by atoms with van der Waals surface area (Å²) in [5.41, 5.74) is 1.15. The van der Waals surface area contributed by atoms with Crippen LogP contribution in [0.4, 0.5) is 0 Å². The summed E-state index contributed by atoms with van der Waals surface area (Å²) in [7, 11) is 1.95. The molecular weight excluding hydrogens is 256 g/mol. The van der Waals surface area contributed by atoms with Gasteiger partial charge in [-0.25, -0.2) is 4.98 Å². The third-order valence-electron chi connectivity index (χ3n) is 3.74. The van der Waals surface area contributed by atoms with Gasteiger partial charge in [0.1, 0.15) is 0 Å². The molecule has 0 N–H and O–H groups in total. The lowest BCUT2D eigenvalue weighted by molar-refractivity contribution is -0.129. The highest BCUT2D eigenvalue weighted by Crippen LogP contribution is 2.23. The lowest BCUT2D eigenvalue weighted by Gasteiger charge is -2.31. The van der Waals surface area contributed by atoms with Crippen LogP contribution in [0.1, 0.15) is 37.7 Å². The normalized spacial score (nSPS) is 16.3. The highest BCUT2D eigenvalue weighted by atomic mass is 32.2. The van der Waals surface area contributed by atoms with Crippen LogP contribution in [0.2, 0.25) is 0 Å². The Kier molecular flexibility index (Phi) is 5.25. The molecule has 0 saturated heterocycles. The zero-order valence-electron chi connectivity index (χ0n) is 11.8. The topological polar surface area (TPSA) is 33.2 Å². The number of carbonyl (C=O) groups is 1. The molecule has 0 bridgehead atoms. The third-order valence-corrected chi connectivity index (χ3v) is 4.67. The fourth-order valence-corrected chi connectivity index (χ4v) is 3.22. The number of nitrogens with zero attached hydrogens (tertiary/aromatic N) is 2. The second kappa shape index (κ2) is 6.94. The monoisotopic (exact) mass is 278 g/mol. The molecule has 1 heterocycles. The highest BCUT2D eigenvalue weighted by molar-refractivity contribution is 7.99. The van der Waals surface area contributed by atoms with Gasteiger partial charge >= 0.3 is 0 Å². The van der Waals surface area contributed by atoms with Gasteiger partial charge in [-0.3, -0.25) is 4.79 Å². The van der Waals surface area contributed by atoms with E-state index in [2.05, 4.69) is 4.98 Å². The molecule has 0 aromatic carbocycles. The van der Waals surface area contributed by atoms with E-state index in [0.717, 1.165) is 23.4 Å². The van der Waals surface area contributed by atoms with Gasteiger partial charge in [0.05, 0.1) is 10.8 Å². The van der Waals surface area contributed by atoms with Crippen LogP contribution in [-0.4, -0.2) is 34.6 Å². The first kappa shape index (κ1) is 14.4. The minimum Gasteiger partial charge on any atom is -0.342 e. The van der Waals surface area contributed by atoms with Crippen LogP contribution in [0, 0.1) is 6.92 Å². The Bertz CT molecular complexity index is 413. The lowest BCUT2D eigenvalue weighted by atomic mass is 9.94. The average molecular weight is 278 g/mol. The van der Waals surface area contributed by atoms with E-state index >= 15 is 0 Å². The Balaban J connectivity index is 1.81. The van der Waals surface area contributed by atoms with E-state index in [9.17, 15) is 4.79 Å². The minimum absolute atomic E-state index is 0.222. The predicted molar refractivity (Wildman–Crippen MR) is 79.3 cm³/mol. The van der Waals surface area contributed by atoms with Crippen LogP contribution >= 0.6 is 11.8 Å². The maximum absolute atomic E-state index is 12.2. The maximum atomic E-state index is 12.2. The molecule has 0 spiro atoms. The van der Waals surface area contributed by atoms with Crippen molar-refractivity contribution < 1.29 is 4.79 Å². The summed E-state index contributed by atoms with van der Waals surface area (Å²) >= 11 is 1.53. The molecule has 1 aliphatic carbocycles. The van der Waals surface area contributed by atoms with E-state index in [0.29, 0.717) is 11.8 Å². The quantitative estimate of drug-likeness (QED) is 0.793. The number of rotatable bonds is 4. The smallest absolute Gasteiger partial charge is 0.232 e. The number of carbonyl (C=O) groups excluding carboxylic acids is 1. The van der Waals surface area contributed by atoms with Crippen molar-refractivity contribution in [3.05, 3.63) is 23.9 Å². The maximum Gasteiger partial charge on any atom is 0.232 e. The molecule has 104 valence electrons. The number of pyridine rings is 1. The Hall–Kier alpha value is -1.03. The fourth-order valence-electron chi connectivity index (χ4n) is 2.45. The van der Waals surface area contributed by atoms with Crippen LogP contribution in [0.25, 0.3) is 0 Å². The van der Waals surface area contributed by atoms with Gasteiger partial charge in [-0.05, 0) is 31.4 Å². The van der Waals surface area contributed by atoms with Gasteiger partial charge < -0.3 is 4.90 Å². The van der Waals surface area contributed by atoms with Gasteiger partial charge in [-0.1, -0.05) is 37.1 Å². The Morgan fingerprint density at radius 3 is 2.74 bits per heavy atom. The largest absolute Gasteiger partial charge is 0.342 e. The van der Waals surface area contributed by atoms with Crippen molar-refractivity contribution in [2.24, 2.45) is 0 Å². The van der Waals surface area contributed by atoms with Crippen molar-refractivity contribution in [3.63, 3.8) is 0 Å². The number of aromatic nitrogens is 1. The standard InChI is InChI=1S/C15H22N2OS/c1-12-8-9-14(16-10-12)19-11-15(18)17(2)13-6-4-3-5-7-13/h8-10,13H,3-7,11H2,1-2H3. The Morgan fingerprint density at radius 1 is 1.37 bits per heavy atom. The first-order chi connectivity index (χ1) is 9.16. The van der Waals surface area contributed by atoms with E-state index in [1.54, 1.807) is 0 Å². The second-order valence-corrected chi connectivity index (χ2v) is 6.25. The molecule has 4 heteroatoms. The van der Waals surface area contributed by atoms with Crippen molar-refractivity contribution in [2.45, 2.75) is 50.1 Å². The molecule has 0 radical (unpaired) electrons. The zero-order chi connectivity index (χ0) is 13.7. The van der Waals surface area contributed by atoms with Crippen molar-refractivity contribution in [3.8, 4) is 0 Å². The summed E-state index contributed by atoms with van der Waals surface area (Å²) in [5, 5.41) is 0.927. The molecule has 1 aromatic heterocycles. The predicted octanol–water partition coefficient (Wildman–Crippen LogP) is 3.27. The molecule has 1 aliphatic rings. The van der Waals surface area contributed by atoms with Crippen LogP contribution < -0.4 is 0 Å². The molecule has 0 atom stereocenters. The molecule has 3 nitrogen and oxygen atoms in total. The van der Waals surface area contributed by atoms with Gasteiger partial charge in [-0.2, -0.15) is 0 Å². The van der Waals surface area contributed by atoms with E-state index in [1.165, 1.54) is 31.0 Å². The molecule has 1 saturated carbocycles. The summed E-state index contributed by atoms with van der Waals surface area (Å²) in [6.07, 6.45) is 8.01. The summed E-state index contributed by atoms with van der Waals surface area (Å²) in [6.45, 7) is 2.02. The molecule has 2 rings (SSSR count). The first-order valence-electron chi connectivity index (χ1n) is 6.98. The first-order valence-corrected chi connectivity index (χ1v) is 7.96. The van der Waals surface area contributed by atoms with E-state index in [1.807, 2.05) is 37.2 Å². The SMILES string of the molecule is Cc1ccc(SCC(=O)N(C)C2CCCCC2)nc1. The van der Waals surface area contributed by atoms with Crippen molar-refractivity contribution >= 4 is 17.7 Å². The van der Waals surface area contributed by atoms with E-state index in [4.69, 9.17) is 0 Å². The number of aryl methyl sites for hydroxylation is 1. The fraction of sp³-hybridized carbons (Fsp3) is 0.600. The molecule has 1 aromatic rings. The van der Waals surface area contributed by atoms with Crippen LogP contribution in [-0.2, 0) is 4.79 Å². The Morgan fingerprint density at radius 2 is 2.11 bits per heavy atom. The molecule has 1 fully saturated rings. The second-order valence-electron chi connectivity index (χ2n) is 5.26. The Labute approximate surface area is 119 Å². The molecule has 0 unspecified atom stereocenters. The summed E-state index contributed by atoms with van der Waals surface area (Å²) in [6, 6.07) is 4.46. The molecule has 19 heavy (non-hydrogen) atoms. The summed E-state index contributed by atoms with van der Waals surface area (Å²) in [5.74, 6) is 0.711. The number of thioether (sulfide) groups is 1. The average Bonchev–Trinajstić information content (AvgIpc) is 2.46. The molecular formula is C15H22N2OS. The van der Waals surface area contributed by atoms with Crippen LogP contribution in [0.3, 0.4) is 0 Å². The van der Waals surface area contributed by atoms with Gasteiger partial charge in [0.25, 0.3) is 0 Å². The van der Waals surface area contributed by atoms with E-state index < -0.39 is 0 Å². The summed E-state index contributed by atoms with van der Waals surface area (Å²) in [4.78, 5) is 18.4. The number of hydrogen-bond donors (Lipinski definition) is 0. The van der Waals surface area contributed by atoms with Crippen LogP contribution in [0.15, 0.2) is 23.4 Å². The van der Waals surface area contributed by atoms with E-state index in [-0.39, 0.29) is 5.91 Å². The van der Waals surface area contributed by atoms with Gasteiger partial charge in [0.15, 0.2) is 0 Å². The van der Waals surface area contributed by atoms with Crippen LogP contribution in [0.5, 0.6) is 0 Å².